The Morgan fingerprint density at radius 1 is 1.27 bits per heavy atom. The second-order valence-electron chi connectivity index (χ2n) is 4.28. The number of ether oxygens (including phenoxy) is 2. The third-order valence-electron chi connectivity index (χ3n) is 2.68. The molecule has 6 nitrogen and oxygen atoms in total. The van der Waals surface area contributed by atoms with E-state index in [0.717, 1.165) is 6.07 Å². The average Bonchev–Trinajstić information content (AvgIpc) is 2.93. The number of hydrogen-bond donors (Lipinski definition) is 2. The van der Waals surface area contributed by atoms with E-state index in [2.05, 4.69) is 0 Å². The lowest BCUT2D eigenvalue weighted by atomic mass is 10.2. The molecule has 0 spiro atoms. The van der Waals surface area contributed by atoms with Gasteiger partial charge in [-0.1, -0.05) is 0 Å². The lowest BCUT2D eigenvalue weighted by Crippen LogP contribution is -2.42. The summed E-state index contributed by atoms with van der Waals surface area (Å²) < 4.78 is 60.3. The number of amides is 3. The monoisotopic (exact) mass is 322 g/mol. The Kier molecular flexibility index (Phi) is 4.62. The van der Waals surface area contributed by atoms with Gasteiger partial charge in [-0.3, -0.25) is 10.1 Å². The van der Waals surface area contributed by atoms with E-state index >= 15 is 0 Å². The number of benzene rings is 1. The molecule has 0 bridgehead atoms. The quantitative estimate of drug-likeness (QED) is 0.815. The summed E-state index contributed by atoms with van der Waals surface area (Å²) in [6, 6.07) is 0.854. The number of nitrogens with one attached hydrogen (secondary N) is 2. The van der Waals surface area contributed by atoms with Gasteiger partial charge in [-0.15, -0.1) is 0 Å². The van der Waals surface area contributed by atoms with Crippen molar-refractivity contribution in [3.63, 3.8) is 0 Å². The van der Waals surface area contributed by atoms with Crippen LogP contribution in [0.25, 0.3) is 0 Å². The molecule has 1 heterocycles. The summed E-state index contributed by atoms with van der Waals surface area (Å²) in [6.45, 7) is -0.125. The predicted octanol–water partition coefficient (Wildman–Crippen LogP) is 1.87. The molecule has 0 aliphatic carbocycles. The van der Waals surface area contributed by atoms with Crippen molar-refractivity contribution in [2.24, 2.45) is 0 Å². The molecule has 3 amide bonds. The van der Waals surface area contributed by atoms with Crippen LogP contribution in [-0.2, 0) is 20.4 Å². The predicted molar refractivity (Wildman–Crippen MR) is 64.3 cm³/mol. The molecule has 10 heteroatoms. The molecule has 1 aliphatic heterocycles. The lowest BCUT2D eigenvalue weighted by Gasteiger charge is -2.12. The van der Waals surface area contributed by atoms with E-state index in [1.54, 1.807) is 0 Å². The van der Waals surface area contributed by atoms with Gasteiger partial charge in [-0.05, 0) is 18.2 Å². The first-order chi connectivity index (χ1) is 10.3. The molecule has 2 rings (SSSR count). The summed E-state index contributed by atoms with van der Waals surface area (Å²) in [7, 11) is 0. The van der Waals surface area contributed by atoms with Gasteiger partial charge in [-0.25, -0.2) is 9.18 Å². The van der Waals surface area contributed by atoms with Crippen LogP contribution in [0.1, 0.15) is 5.56 Å². The number of imide groups is 1. The van der Waals surface area contributed by atoms with Crippen molar-refractivity contribution in [3.05, 3.63) is 29.6 Å². The largest absolute Gasteiger partial charge is 0.419 e. The SMILES string of the molecule is O=C(NC(=O)C1COCO1)Nc1ccc(F)c(C(F)(F)F)c1. The van der Waals surface area contributed by atoms with Crippen molar-refractivity contribution in [2.75, 3.05) is 18.7 Å². The van der Waals surface area contributed by atoms with E-state index in [-0.39, 0.29) is 19.1 Å². The molecule has 0 radical (unpaired) electrons. The molecule has 1 saturated heterocycles. The highest BCUT2D eigenvalue weighted by atomic mass is 19.4. The zero-order chi connectivity index (χ0) is 16.3. The summed E-state index contributed by atoms with van der Waals surface area (Å²) in [5.41, 5.74) is -1.84. The fourth-order valence-electron chi connectivity index (χ4n) is 1.66. The number of rotatable bonds is 2. The molecule has 1 aromatic rings. The van der Waals surface area contributed by atoms with Crippen LogP contribution in [0.2, 0.25) is 0 Å². The summed E-state index contributed by atoms with van der Waals surface area (Å²) in [5, 5.41) is 3.88. The van der Waals surface area contributed by atoms with Crippen LogP contribution in [-0.4, -0.2) is 31.4 Å². The Bertz CT molecular complexity index is 585. The van der Waals surface area contributed by atoms with Crippen molar-refractivity contribution in [1.29, 1.82) is 0 Å². The summed E-state index contributed by atoms with van der Waals surface area (Å²) in [6.07, 6.45) is -5.87. The first-order valence-corrected chi connectivity index (χ1v) is 5.95. The van der Waals surface area contributed by atoms with Gasteiger partial charge >= 0.3 is 12.2 Å². The molecule has 1 fully saturated rings. The van der Waals surface area contributed by atoms with Crippen LogP contribution >= 0.6 is 0 Å². The second-order valence-corrected chi connectivity index (χ2v) is 4.28. The van der Waals surface area contributed by atoms with Crippen LogP contribution in [0.3, 0.4) is 0 Å². The molecular formula is C12H10F4N2O4. The van der Waals surface area contributed by atoms with Crippen LogP contribution < -0.4 is 10.6 Å². The number of alkyl halides is 3. The van der Waals surface area contributed by atoms with Gasteiger partial charge in [-0.2, -0.15) is 13.2 Å². The molecule has 1 atom stereocenters. The van der Waals surface area contributed by atoms with E-state index in [0.29, 0.717) is 12.1 Å². The second kappa shape index (κ2) is 6.28. The molecule has 1 aliphatic rings. The molecule has 1 aromatic carbocycles. The third-order valence-corrected chi connectivity index (χ3v) is 2.68. The number of carbonyl (C=O) groups is 2. The number of anilines is 1. The van der Waals surface area contributed by atoms with Gasteiger partial charge in [0.15, 0.2) is 6.10 Å². The van der Waals surface area contributed by atoms with Crippen molar-refractivity contribution in [2.45, 2.75) is 12.3 Å². The highest BCUT2D eigenvalue weighted by molar-refractivity contribution is 6.02. The van der Waals surface area contributed by atoms with Gasteiger partial charge in [0.2, 0.25) is 0 Å². The van der Waals surface area contributed by atoms with E-state index < -0.39 is 35.6 Å². The van der Waals surface area contributed by atoms with E-state index in [1.165, 1.54) is 0 Å². The van der Waals surface area contributed by atoms with Gasteiger partial charge in [0.05, 0.1) is 12.2 Å². The van der Waals surface area contributed by atoms with Gasteiger partial charge < -0.3 is 14.8 Å². The Morgan fingerprint density at radius 3 is 2.59 bits per heavy atom. The number of urea groups is 1. The maximum absolute atomic E-state index is 13.1. The minimum Gasteiger partial charge on any atom is -0.352 e. The van der Waals surface area contributed by atoms with Crippen LogP contribution in [0.5, 0.6) is 0 Å². The molecule has 2 N–H and O–H groups in total. The topological polar surface area (TPSA) is 76.7 Å². The van der Waals surface area contributed by atoms with Crippen LogP contribution in [0.4, 0.5) is 28.0 Å². The molecule has 22 heavy (non-hydrogen) atoms. The summed E-state index contributed by atoms with van der Waals surface area (Å²) >= 11 is 0. The first kappa shape index (κ1) is 16.2. The summed E-state index contributed by atoms with van der Waals surface area (Å²) in [4.78, 5) is 23.0. The average molecular weight is 322 g/mol. The Labute approximate surface area is 121 Å². The van der Waals surface area contributed by atoms with Crippen LogP contribution in [0.15, 0.2) is 18.2 Å². The zero-order valence-electron chi connectivity index (χ0n) is 10.9. The number of carbonyl (C=O) groups excluding carboxylic acids is 2. The smallest absolute Gasteiger partial charge is 0.352 e. The lowest BCUT2D eigenvalue weighted by molar-refractivity contribution is -0.140. The third kappa shape index (κ3) is 3.92. The van der Waals surface area contributed by atoms with Gasteiger partial charge in [0, 0.05) is 5.69 Å². The molecular weight excluding hydrogens is 312 g/mol. The normalized spacial score (nSPS) is 18.1. The molecule has 0 saturated carbocycles. The maximum atomic E-state index is 13.1. The minimum atomic E-state index is -4.90. The summed E-state index contributed by atoms with van der Waals surface area (Å²) in [5.74, 6) is -2.26. The Morgan fingerprint density at radius 2 is 2.00 bits per heavy atom. The van der Waals surface area contributed by atoms with Gasteiger partial charge in [0.25, 0.3) is 5.91 Å². The molecule has 120 valence electrons. The van der Waals surface area contributed by atoms with Crippen molar-refractivity contribution < 1.29 is 36.6 Å². The Balaban J connectivity index is 2.01. The maximum Gasteiger partial charge on any atom is 0.419 e. The van der Waals surface area contributed by atoms with Gasteiger partial charge in [0.1, 0.15) is 12.6 Å². The molecule has 0 aromatic heterocycles. The Hall–Kier alpha value is -2.20. The zero-order valence-corrected chi connectivity index (χ0v) is 10.9. The fraction of sp³-hybridized carbons (Fsp3) is 0.333. The standard InChI is InChI=1S/C12H10F4N2O4/c13-8-2-1-6(3-7(8)12(14,15)16)17-11(20)18-10(19)9-4-21-5-22-9/h1-3,9H,4-5H2,(H2,17,18,19,20). The fourth-order valence-corrected chi connectivity index (χ4v) is 1.66. The highest BCUT2D eigenvalue weighted by Crippen LogP contribution is 2.32. The number of halogens is 4. The van der Waals surface area contributed by atoms with E-state index in [9.17, 15) is 27.2 Å². The molecule has 1 unspecified atom stereocenters. The first-order valence-electron chi connectivity index (χ1n) is 5.95. The highest BCUT2D eigenvalue weighted by Gasteiger charge is 2.34. The van der Waals surface area contributed by atoms with Crippen molar-refractivity contribution >= 4 is 17.6 Å². The number of hydrogen-bond acceptors (Lipinski definition) is 4. The van der Waals surface area contributed by atoms with Crippen molar-refractivity contribution in [1.82, 2.24) is 5.32 Å². The van der Waals surface area contributed by atoms with Crippen LogP contribution in [0, 0.1) is 5.82 Å². The minimum absolute atomic E-state index is 0.0338. The van der Waals surface area contributed by atoms with Crippen molar-refractivity contribution in [3.8, 4) is 0 Å². The van der Waals surface area contributed by atoms with E-state index in [1.807, 2.05) is 10.6 Å². The van der Waals surface area contributed by atoms with E-state index in [4.69, 9.17) is 9.47 Å².